The van der Waals surface area contributed by atoms with Crippen molar-refractivity contribution in [3.63, 3.8) is 0 Å². The predicted molar refractivity (Wildman–Crippen MR) is 118 cm³/mol. The molecule has 2 aromatic heterocycles. The van der Waals surface area contributed by atoms with Gasteiger partial charge in [-0.2, -0.15) is 26.3 Å². The van der Waals surface area contributed by atoms with Crippen LogP contribution in [-0.2, 0) is 14.3 Å². The molecule has 0 radical (unpaired) electrons. The van der Waals surface area contributed by atoms with Gasteiger partial charge in [0.15, 0.2) is 0 Å². The fourth-order valence-electron chi connectivity index (χ4n) is 3.67. The van der Waals surface area contributed by atoms with Crippen molar-refractivity contribution < 1.29 is 50.9 Å². The molecular formula is C21H24F6N6O5. The molecular weight excluding hydrogens is 530 g/mol. The van der Waals surface area contributed by atoms with E-state index >= 15 is 0 Å². The highest BCUT2D eigenvalue weighted by Gasteiger charge is 2.43. The number of hydrogen-bond donors (Lipinski definition) is 3. The van der Waals surface area contributed by atoms with Crippen LogP contribution >= 0.6 is 0 Å². The number of alkyl halides is 6. The van der Waals surface area contributed by atoms with Crippen molar-refractivity contribution in [3.8, 4) is 0 Å². The van der Waals surface area contributed by atoms with Crippen LogP contribution in [0, 0.1) is 12.8 Å². The zero-order valence-corrected chi connectivity index (χ0v) is 19.8. The summed E-state index contributed by atoms with van der Waals surface area (Å²) in [6.45, 7) is 4.41. The Kier molecular flexibility index (Phi) is 10.5. The van der Waals surface area contributed by atoms with Gasteiger partial charge in [-0.3, -0.25) is 0 Å². The number of aliphatic carboxylic acids is 2. The van der Waals surface area contributed by atoms with Crippen molar-refractivity contribution in [2.24, 2.45) is 5.92 Å². The third-order valence-electron chi connectivity index (χ3n) is 5.32. The number of ether oxygens (including phenoxy) is 1. The van der Waals surface area contributed by atoms with Gasteiger partial charge in [-0.25, -0.2) is 29.5 Å². The molecule has 3 N–H and O–H groups in total. The Morgan fingerprint density at radius 2 is 1.53 bits per heavy atom. The summed E-state index contributed by atoms with van der Waals surface area (Å²) >= 11 is 0. The molecule has 17 heteroatoms. The van der Waals surface area contributed by atoms with Gasteiger partial charge in [-0.05, 0) is 31.4 Å². The molecule has 1 aliphatic heterocycles. The van der Waals surface area contributed by atoms with Gasteiger partial charge in [-0.15, -0.1) is 0 Å². The van der Waals surface area contributed by atoms with E-state index in [4.69, 9.17) is 24.5 Å². The number of aromatic nitrogens is 4. The fourth-order valence-corrected chi connectivity index (χ4v) is 3.67. The van der Waals surface area contributed by atoms with Crippen LogP contribution in [0.3, 0.4) is 0 Å². The number of hydrogen-bond acceptors (Lipinski definition) is 9. The zero-order chi connectivity index (χ0) is 28.5. The molecule has 2 aromatic rings. The lowest BCUT2D eigenvalue weighted by molar-refractivity contribution is -0.193. The van der Waals surface area contributed by atoms with Crippen molar-refractivity contribution in [2.75, 3.05) is 29.9 Å². The number of halogens is 6. The van der Waals surface area contributed by atoms with Crippen molar-refractivity contribution in [2.45, 2.75) is 44.3 Å². The smallest absolute Gasteiger partial charge is 0.475 e. The van der Waals surface area contributed by atoms with Crippen LogP contribution in [0.5, 0.6) is 0 Å². The lowest BCUT2D eigenvalue weighted by atomic mass is 10.0. The molecule has 210 valence electrons. The molecule has 3 heterocycles. The molecule has 0 aromatic carbocycles. The second-order valence-electron chi connectivity index (χ2n) is 8.05. The maximum Gasteiger partial charge on any atom is 0.490 e. The molecule has 1 saturated carbocycles. The topological polar surface area (TPSA) is 151 Å². The van der Waals surface area contributed by atoms with Crippen molar-refractivity contribution in [1.29, 1.82) is 0 Å². The SMILES string of the molecule is Cc1cnc(N2CCO[C@@H]3C(CNc4ncccn4)CC[C@H]32)nc1.O=C(O)C(F)(F)F.O=C(O)C(F)(F)F. The molecule has 3 atom stereocenters. The number of aryl methyl sites for hydroxylation is 1. The van der Waals surface area contributed by atoms with E-state index in [1.807, 2.05) is 25.4 Å². The number of anilines is 2. The number of carboxylic acid groups (broad SMARTS) is 2. The highest BCUT2D eigenvalue weighted by Crippen LogP contribution is 2.36. The molecule has 2 fully saturated rings. The molecule has 38 heavy (non-hydrogen) atoms. The summed E-state index contributed by atoms with van der Waals surface area (Å²) in [4.78, 5) is 37.6. The second-order valence-corrected chi connectivity index (χ2v) is 8.05. The summed E-state index contributed by atoms with van der Waals surface area (Å²) in [5.41, 5.74) is 1.08. The Morgan fingerprint density at radius 1 is 1.00 bits per heavy atom. The zero-order valence-electron chi connectivity index (χ0n) is 19.8. The molecule has 1 saturated heterocycles. The standard InChI is InChI=1S/C17H22N6O.2C2HF3O2/c1-12-9-21-17(22-10-12)23-7-8-24-15-13(3-4-14(15)23)11-20-16-18-5-2-6-19-16;2*3-2(4,5)1(6)7/h2,5-6,9-10,13-15H,3-4,7-8,11H2,1H3,(H,18,19,20);2*(H,6,7)/t13?,14-,15-;;/m1../s1. The lowest BCUT2D eigenvalue weighted by Crippen LogP contribution is -2.51. The highest BCUT2D eigenvalue weighted by molar-refractivity contribution is 5.73. The Hall–Kier alpha value is -3.76. The Bertz CT molecular complexity index is 1020. The van der Waals surface area contributed by atoms with Crippen molar-refractivity contribution in [3.05, 3.63) is 36.4 Å². The minimum absolute atomic E-state index is 0.208. The van der Waals surface area contributed by atoms with Gasteiger partial charge in [-0.1, -0.05) is 0 Å². The number of rotatable bonds is 4. The third-order valence-corrected chi connectivity index (χ3v) is 5.32. The molecule has 0 bridgehead atoms. The Labute approximate surface area is 211 Å². The van der Waals surface area contributed by atoms with Gasteiger partial charge in [0, 0.05) is 43.8 Å². The van der Waals surface area contributed by atoms with Gasteiger partial charge in [0.25, 0.3) is 0 Å². The van der Waals surface area contributed by atoms with Crippen LogP contribution in [0.1, 0.15) is 18.4 Å². The van der Waals surface area contributed by atoms with E-state index in [9.17, 15) is 26.3 Å². The first kappa shape index (κ1) is 30.5. The third kappa shape index (κ3) is 9.28. The quantitative estimate of drug-likeness (QED) is 0.479. The van der Waals surface area contributed by atoms with Crippen molar-refractivity contribution in [1.82, 2.24) is 19.9 Å². The maximum absolute atomic E-state index is 10.6. The van der Waals surface area contributed by atoms with E-state index in [0.29, 0.717) is 17.9 Å². The number of carboxylic acids is 2. The van der Waals surface area contributed by atoms with Gasteiger partial charge in [0.2, 0.25) is 11.9 Å². The summed E-state index contributed by atoms with van der Waals surface area (Å²) in [5.74, 6) is -3.57. The van der Waals surface area contributed by atoms with E-state index in [-0.39, 0.29) is 6.10 Å². The molecule has 1 aliphatic carbocycles. The predicted octanol–water partition coefficient (Wildman–Crippen LogP) is 2.94. The average Bonchev–Trinajstić information content (AvgIpc) is 3.27. The Morgan fingerprint density at radius 3 is 2.03 bits per heavy atom. The molecule has 11 nitrogen and oxygen atoms in total. The van der Waals surface area contributed by atoms with Crippen molar-refractivity contribution >= 4 is 23.8 Å². The lowest BCUT2D eigenvalue weighted by Gasteiger charge is -2.39. The Balaban J connectivity index is 0.000000301. The van der Waals surface area contributed by atoms with Crippen LogP contribution in [0.2, 0.25) is 0 Å². The maximum atomic E-state index is 10.6. The minimum atomic E-state index is -5.08. The van der Waals surface area contributed by atoms with Gasteiger partial charge < -0.3 is 25.2 Å². The van der Waals surface area contributed by atoms with Crippen LogP contribution in [0.25, 0.3) is 0 Å². The first-order valence-electron chi connectivity index (χ1n) is 11.0. The number of carbonyl (C=O) groups is 2. The number of morpholine rings is 1. The molecule has 0 amide bonds. The monoisotopic (exact) mass is 554 g/mol. The number of fused-ring (bicyclic) bond motifs is 1. The number of nitrogens with one attached hydrogen (secondary N) is 1. The van der Waals surface area contributed by atoms with E-state index in [0.717, 1.165) is 44.0 Å². The summed E-state index contributed by atoms with van der Waals surface area (Å²) in [6.07, 6.45) is -0.469. The molecule has 2 aliphatic rings. The van der Waals surface area contributed by atoms with E-state index in [2.05, 4.69) is 30.2 Å². The van der Waals surface area contributed by atoms with Crippen LogP contribution in [0.15, 0.2) is 30.9 Å². The van der Waals surface area contributed by atoms with E-state index in [1.54, 1.807) is 12.4 Å². The minimum Gasteiger partial charge on any atom is -0.475 e. The van der Waals surface area contributed by atoms with Crippen LogP contribution in [-0.4, -0.2) is 86.3 Å². The summed E-state index contributed by atoms with van der Waals surface area (Å²) in [5, 5.41) is 17.6. The molecule has 0 spiro atoms. The van der Waals surface area contributed by atoms with Crippen LogP contribution < -0.4 is 10.2 Å². The van der Waals surface area contributed by atoms with E-state index in [1.165, 1.54) is 0 Å². The summed E-state index contributed by atoms with van der Waals surface area (Å²) < 4.78 is 69.6. The molecule has 1 unspecified atom stereocenters. The van der Waals surface area contributed by atoms with Gasteiger partial charge in [0.1, 0.15) is 0 Å². The normalized spacial score (nSPS) is 20.7. The fraction of sp³-hybridized carbons (Fsp3) is 0.524. The summed E-state index contributed by atoms with van der Waals surface area (Å²) in [6, 6.07) is 2.17. The van der Waals surface area contributed by atoms with Crippen LogP contribution in [0.4, 0.5) is 38.2 Å². The van der Waals surface area contributed by atoms with Gasteiger partial charge in [0.05, 0.1) is 18.8 Å². The average molecular weight is 554 g/mol. The first-order valence-corrected chi connectivity index (χ1v) is 11.0. The van der Waals surface area contributed by atoms with Gasteiger partial charge >= 0.3 is 24.3 Å². The highest BCUT2D eigenvalue weighted by atomic mass is 19.4. The largest absolute Gasteiger partial charge is 0.490 e. The van der Waals surface area contributed by atoms with E-state index < -0.39 is 24.3 Å². The molecule has 4 rings (SSSR count). The number of nitrogens with zero attached hydrogens (tertiary/aromatic N) is 5. The first-order chi connectivity index (χ1) is 17.7. The summed E-state index contributed by atoms with van der Waals surface area (Å²) in [7, 11) is 0. The second kappa shape index (κ2) is 13.2.